The Bertz CT molecular complexity index is 528. The zero-order chi connectivity index (χ0) is 12.6. The Morgan fingerprint density at radius 2 is 2.18 bits per heavy atom. The maximum Gasteiger partial charge on any atom is 0.0946 e. The van der Waals surface area contributed by atoms with Crippen LogP contribution in [0, 0.1) is 6.92 Å². The zero-order valence-electron chi connectivity index (χ0n) is 10.2. The SMILES string of the molecule is Cc1nn(C)c(CC(N)c2cncn2C)c1Br. The van der Waals surface area contributed by atoms with Crippen LogP contribution >= 0.6 is 15.9 Å². The van der Waals surface area contributed by atoms with E-state index in [2.05, 4.69) is 26.0 Å². The third kappa shape index (κ3) is 2.28. The summed E-state index contributed by atoms with van der Waals surface area (Å²) in [4.78, 5) is 4.08. The lowest BCUT2D eigenvalue weighted by Crippen LogP contribution is -2.18. The lowest BCUT2D eigenvalue weighted by atomic mass is 10.1. The molecule has 2 N–H and O–H groups in total. The van der Waals surface area contributed by atoms with Gasteiger partial charge in [0.1, 0.15) is 0 Å². The first-order chi connectivity index (χ1) is 8.00. The number of hydrogen-bond acceptors (Lipinski definition) is 3. The van der Waals surface area contributed by atoms with Crippen molar-refractivity contribution in [2.75, 3.05) is 0 Å². The van der Waals surface area contributed by atoms with E-state index in [0.29, 0.717) is 0 Å². The normalized spacial score (nSPS) is 13.0. The number of hydrogen-bond donors (Lipinski definition) is 1. The molecule has 2 aromatic rings. The molecule has 0 bridgehead atoms. The fourth-order valence-corrected chi connectivity index (χ4v) is 2.44. The van der Waals surface area contributed by atoms with Crippen LogP contribution in [0.15, 0.2) is 17.0 Å². The minimum atomic E-state index is -0.0754. The molecule has 0 aliphatic heterocycles. The standard InChI is InChI=1S/C11H16BrN5/c1-7-11(12)9(17(3)15-7)4-8(13)10-5-14-6-16(10)2/h5-6,8H,4,13H2,1-3H3. The van der Waals surface area contributed by atoms with Gasteiger partial charge in [-0.25, -0.2) is 4.98 Å². The van der Waals surface area contributed by atoms with E-state index in [0.717, 1.165) is 28.0 Å². The molecule has 1 unspecified atom stereocenters. The van der Waals surface area contributed by atoms with Gasteiger partial charge in [0, 0.05) is 26.7 Å². The summed E-state index contributed by atoms with van der Waals surface area (Å²) >= 11 is 3.55. The highest BCUT2D eigenvalue weighted by Gasteiger charge is 2.17. The largest absolute Gasteiger partial charge is 0.336 e. The molecule has 2 rings (SSSR count). The van der Waals surface area contributed by atoms with Gasteiger partial charge in [-0.2, -0.15) is 5.10 Å². The predicted octanol–water partition coefficient (Wildman–Crippen LogP) is 1.47. The van der Waals surface area contributed by atoms with Crippen molar-refractivity contribution in [3.8, 4) is 0 Å². The first-order valence-corrected chi connectivity index (χ1v) is 6.19. The molecule has 0 fully saturated rings. The molecule has 0 aliphatic rings. The molecule has 2 heterocycles. The van der Waals surface area contributed by atoms with Gasteiger partial charge in [0.15, 0.2) is 0 Å². The molecule has 92 valence electrons. The van der Waals surface area contributed by atoms with Gasteiger partial charge in [0.2, 0.25) is 0 Å². The molecule has 0 saturated carbocycles. The van der Waals surface area contributed by atoms with Crippen LogP contribution in [0.1, 0.15) is 23.1 Å². The second-order valence-corrected chi connectivity index (χ2v) is 5.00. The highest BCUT2D eigenvalue weighted by molar-refractivity contribution is 9.10. The van der Waals surface area contributed by atoms with Gasteiger partial charge in [-0.1, -0.05) is 0 Å². The van der Waals surface area contributed by atoms with Crippen molar-refractivity contribution in [2.45, 2.75) is 19.4 Å². The van der Waals surface area contributed by atoms with Crippen LogP contribution in [0.2, 0.25) is 0 Å². The summed E-state index contributed by atoms with van der Waals surface area (Å²) in [6.07, 6.45) is 4.30. The number of rotatable bonds is 3. The molecule has 0 aromatic carbocycles. The molecule has 0 radical (unpaired) electrons. The average molecular weight is 298 g/mol. The third-order valence-electron chi connectivity index (χ3n) is 2.91. The van der Waals surface area contributed by atoms with Gasteiger partial charge >= 0.3 is 0 Å². The Balaban J connectivity index is 2.24. The van der Waals surface area contributed by atoms with Crippen LogP contribution in [0.3, 0.4) is 0 Å². The summed E-state index contributed by atoms with van der Waals surface area (Å²) in [5, 5.41) is 4.36. The summed E-state index contributed by atoms with van der Waals surface area (Å²) < 4.78 is 4.86. The Hall–Kier alpha value is -1.14. The van der Waals surface area contributed by atoms with Crippen LogP contribution in [-0.2, 0) is 20.5 Å². The second kappa shape index (κ2) is 4.62. The molecule has 0 spiro atoms. The molecule has 0 aliphatic carbocycles. The number of aromatic nitrogens is 4. The summed E-state index contributed by atoms with van der Waals surface area (Å²) in [6.45, 7) is 1.98. The maximum atomic E-state index is 6.20. The van der Waals surface area contributed by atoms with Crippen LogP contribution in [0.25, 0.3) is 0 Å². The topological polar surface area (TPSA) is 61.7 Å². The van der Waals surface area contributed by atoms with Crippen LogP contribution < -0.4 is 5.73 Å². The number of imidazole rings is 1. The molecule has 0 saturated heterocycles. The minimum absolute atomic E-state index is 0.0754. The summed E-state index contributed by atoms with van der Waals surface area (Å²) in [6, 6.07) is -0.0754. The van der Waals surface area contributed by atoms with Gasteiger partial charge < -0.3 is 10.3 Å². The van der Waals surface area contributed by atoms with E-state index in [1.807, 2.05) is 36.5 Å². The van der Waals surface area contributed by atoms with Crippen molar-refractivity contribution >= 4 is 15.9 Å². The lowest BCUT2D eigenvalue weighted by molar-refractivity contribution is 0.608. The summed E-state index contributed by atoms with van der Waals surface area (Å²) in [5.74, 6) is 0. The number of aryl methyl sites for hydroxylation is 3. The number of halogens is 1. The monoisotopic (exact) mass is 297 g/mol. The van der Waals surface area contributed by atoms with Crippen molar-refractivity contribution in [1.82, 2.24) is 19.3 Å². The van der Waals surface area contributed by atoms with E-state index in [1.54, 1.807) is 6.33 Å². The minimum Gasteiger partial charge on any atom is -0.336 e. The van der Waals surface area contributed by atoms with E-state index < -0.39 is 0 Å². The third-order valence-corrected chi connectivity index (χ3v) is 3.94. The fourth-order valence-electron chi connectivity index (χ4n) is 1.94. The molecule has 6 heteroatoms. The molecule has 5 nitrogen and oxygen atoms in total. The maximum absolute atomic E-state index is 6.20. The zero-order valence-corrected chi connectivity index (χ0v) is 11.8. The van der Waals surface area contributed by atoms with Gasteiger partial charge in [-0.3, -0.25) is 4.68 Å². The fraction of sp³-hybridized carbons (Fsp3) is 0.455. The summed E-state index contributed by atoms with van der Waals surface area (Å²) in [5.41, 5.74) is 9.31. The van der Waals surface area contributed by atoms with Crippen molar-refractivity contribution < 1.29 is 0 Å². The highest BCUT2D eigenvalue weighted by atomic mass is 79.9. The Labute approximate surface area is 109 Å². The molecular formula is C11H16BrN5. The van der Waals surface area contributed by atoms with E-state index in [4.69, 9.17) is 5.73 Å². The number of nitrogens with zero attached hydrogens (tertiary/aromatic N) is 4. The molecular weight excluding hydrogens is 282 g/mol. The van der Waals surface area contributed by atoms with E-state index in [9.17, 15) is 0 Å². The smallest absolute Gasteiger partial charge is 0.0946 e. The van der Waals surface area contributed by atoms with Gasteiger partial charge in [-0.15, -0.1) is 0 Å². The van der Waals surface area contributed by atoms with Crippen LogP contribution in [0.4, 0.5) is 0 Å². The van der Waals surface area contributed by atoms with Crippen LogP contribution in [-0.4, -0.2) is 19.3 Å². The summed E-state index contributed by atoms with van der Waals surface area (Å²) in [7, 11) is 3.88. The molecule has 2 aromatic heterocycles. The Morgan fingerprint density at radius 1 is 1.47 bits per heavy atom. The van der Waals surface area contributed by atoms with Gasteiger partial charge in [0.25, 0.3) is 0 Å². The van der Waals surface area contributed by atoms with E-state index in [1.165, 1.54) is 0 Å². The lowest BCUT2D eigenvalue weighted by Gasteiger charge is -2.12. The van der Waals surface area contributed by atoms with Crippen molar-refractivity contribution in [1.29, 1.82) is 0 Å². The molecule has 0 amide bonds. The van der Waals surface area contributed by atoms with Crippen molar-refractivity contribution in [3.05, 3.63) is 34.1 Å². The number of nitrogens with two attached hydrogens (primary N) is 1. The van der Waals surface area contributed by atoms with Crippen molar-refractivity contribution in [3.63, 3.8) is 0 Å². The molecule has 17 heavy (non-hydrogen) atoms. The highest BCUT2D eigenvalue weighted by Crippen LogP contribution is 2.24. The molecule has 1 atom stereocenters. The van der Waals surface area contributed by atoms with E-state index >= 15 is 0 Å². The van der Waals surface area contributed by atoms with Crippen molar-refractivity contribution in [2.24, 2.45) is 19.8 Å². The predicted molar refractivity (Wildman–Crippen MR) is 69.5 cm³/mol. The Kier molecular flexibility index (Phi) is 3.35. The second-order valence-electron chi connectivity index (χ2n) is 4.21. The first kappa shape index (κ1) is 12.3. The quantitative estimate of drug-likeness (QED) is 0.933. The van der Waals surface area contributed by atoms with E-state index in [-0.39, 0.29) is 6.04 Å². The Morgan fingerprint density at radius 3 is 2.65 bits per heavy atom. The first-order valence-electron chi connectivity index (χ1n) is 5.40. The van der Waals surface area contributed by atoms with Gasteiger partial charge in [0.05, 0.1) is 33.9 Å². The average Bonchev–Trinajstić information content (AvgIpc) is 2.78. The van der Waals surface area contributed by atoms with Gasteiger partial charge in [-0.05, 0) is 22.9 Å². The van der Waals surface area contributed by atoms with Crippen LogP contribution in [0.5, 0.6) is 0 Å².